The first kappa shape index (κ1) is 27.1. The lowest BCUT2D eigenvalue weighted by Crippen LogP contribution is -2.29. The number of thiazole rings is 1. The Labute approximate surface area is 235 Å². The van der Waals surface area contributed by atoms with Gasteiger partial charge in [0.25, 0.3) is 5.78 Å². The molecular formula is C30H28N2O7S. The zero-order valence-corrected chi connectivity index (χ0v) is 23.1. The van der Waals surface area contributed by atoms with E-state index in [1.54, 1.807) is 49.4 Å². The van der Waals surface area contributed by atoms with Crippen LogP contribution in [0.5, 0.6) is 11.5 Å². The van der Waals surface area contributed by atoms with Gasteiger partial charge in [0, 0.05) is 17.5 Å². The molecule has 2 atom stereocenters. The van der Waals surface area contributed by atoms with Crippen LogP contribution in [0.4, 0.5) is 5.13 Å². The molecule has 2 aliphatic rings. The maximum absolute atomic E-state index is 13.6. The lowest BCUT2D eigenvalue weighted by molar-refractivity contribution is -0.132. The first-order valence-electron chi connectivity index (χ1n) is 12.8. The fourth-order valence-corrected chi connectivity index (χ4v) is 5.90. The van der Waals surface area contributed by atoms with Crippen molar-refractivity contribution >= 4 is 39.9 Å². The summed E-state index contributed by atoms with van der Waals surface area (Å²) in [5.74, 6) is -1.52. The lowest BCUT2D eigenvalue weighted by Gasteiger charge is -2.24. The lowest BCUT2D eigenvalue weighted by atomic mass is 9.94. The van der Waals surface area contributed by atoms with Crippen LogP contribution in [0.25, 0.3) is 5.76 Å². The number of hydrogen-bond acceptors (Lipinski definition) is 9. The Balaban J connectivity index is 1.68. The molecule has 0 radical (unpaired) electrons. The Bertz CT molecular complexity index is 1560. The molecule has 2 aliphatic heterocycles. The number of fused-ring (bicyclic) bond motifs is 1. The minimum Gasteiger partial charge on any atom is -0.507 e. The first-order valence-corrected chi connectivity index (χ1v) is 13.6. The molecule has 0 spiro atoms. The quantitative estimate of drug-likeness (QED) is 0.132. The molecule has 0 aliphatic carbocycles. The summed E-state index contributed by atoms with van der Waals surface area (Å²) in [4.78, 5) is 45.7. The SMILES string of the molecule is C=CCOC(=O)c1sc(N2C(=O)C(=O)/C(=C(/O)c3ccc4c(c3)CC(C)O4)C2c2ccccc2OCC)nc1C. The van der Waals surface area contributed by atoms with E-state index >= 15 is 0 Å². The molecule has 9 nitrogen and oxygen atoms in total. The fourth-order valence-electron chi connectivity index (χ4n) is 4.92. The smallest absolute Gasteiger partial charge is 0.350 e. The van der Waals surface area contributed by atoms with Crippen LogP contribution in [0.2, 0.25) is 0 Å². The Morgan fingerprint density at radius 1 is 1.27 bits per heavy atom. The zero-order valence-electron chi connectivity index (χ0n) is 22.3. The average Bonchev–Trinajstić information content (AvgIpc) is 3.59. The molecule has 10 heteroatoms. The number of aliphatic hydroxyl groups excluding tert-OH is 1. The summed E-state index contributed by atoms with van der Waals surface area (Å²) in [7, 11) is 0. The van der Waals surface area contributed by atoms with E-state index in [4.69, 9.17) is 14.2 Å². The Morgan fingerprint density at radius 2 is 2.05 bits per heavy atom. The van der Waals surface area contributed by atoms with Gasteiger partial charge in [0.2, 0.25) is 0 Å². The fraction of sp³-hybridized carbons (Fsp3) is 0.267. The minimum absolute atomic E-state index is 0.00319. The summed E-state index contributed by atoms with van der Waals surface area (Å²) >= 11 is 0.936. The van der Waals surface area contributed by atoms with Gasteiger partial charge < -0.3 is 19.3 Å². The maximum Gasteiger partial charge on any atom is 0.350 e. The van der Waals surface area contributed by atoms with Crippen molar-refractivity contribution in [2.75, 3.05) is 18.1 Å². The summed E-state index contributed by atoms with van der Waals surface area (Å²) < 4.78 is 16.8. The summed E-state index contributed by atoms with van der Waals surface area (Å²) in [6.45, 7) is 9.31. The van der Waals surface area contributed by atoms with Gasteiger partial charge in [-0.25, -0.2) is 9.78 Å². The first-order chi connectivity index (χ1) is 19.2. The number of carbonyl (C=O) groups excluding carboxylic acids is 3. The number of esters is 1. The Hall–Kier alpha value is -4.44. The van der Waals surface area contributed by atoms with Crippen LogP contribution in [0.15, 0.2) is 60.7 Å². The number of Topliss-reactive ketones (excluding diaryl/α,β-unsaturated/α-hetero) is 1. The molecule has 1 amide bonds. The number of anilines is 1. The molecule has 206 valence electrons. The third-order valence-electron chi connectivity index (χ3n) is 6.64. The van der Waals surface area contributed by atoms with E-state index in [1.807, 2.05) is 13.8 Å². The van der Waals surface area contributed by atoms with Gasteiger partial charge in [0.1, 0.15) is 40.9 Å². The number of benzene rings is 2. The van der Waals surface area contributed by atoms with Gasteiger partial charge in [-0.05, 0) is 50.6 Å². The van der Waals surface area contributed by atoms with E-state index in [1.165, 1.54) is 11.0 Å². The zero-order chi connectivity index (χ0) is 28.6. The van der Waals surface area contributed by atoms with Crippen molar-refractivity contribution in [2.45, 2.75) is 39.3 Å². The summed E-state index contributed by atoms with van der Waals surface area (Å²) in [6.07, 6.45) is 2.10. The average molecular weight is 561 g/mol. The molecule has 2 unspecified atom stereocenters. The maximum atomic E-state index is 13.6. The molecule has 1 N–H and O–H groups in total. The van der Waals surface area contributed by atoms with Crippen LogP contribution >= 0.6 is 11.3 Å². The normalized spacial score (nSPS) is 19.3. The predicted molar refractivity (Wildman–Crippen MR) is 150 cm³/mol. The molecule has 3 heterocycles. The highest BCUT2D eigenvalue weighted by Gasteiger charge is 2.49. The molecule has 1 fully saturated rings. The van der Waals surface area contributed by atoms with Gasteiger partial charge in [-0.15, -0.1) is 0 Å². The molecular weight excluding hydrogens is 532 g/mol. The van der Waals surface area contributed by atoms with Gasteiger partial charge in [-0.2, -0.15) is 0 Å². The minimum atomic E-state index is -1.06. The molecule has 0 bridgehead atoms. The standard InChI is InChI=1S/C30H28N2O7S/c1-5-13-38-29(36)27-17(4)31-30(40-27)32-24(20-9-7-8-10-22(20)37-6-2)23(26(34)28(32)35)25(33)18-11-12-21-19(15-18)14-16(3)39-21/h5,7-12,15-16,24,33H,1,6,13-14H2,2-4H3/b25-23+. The Morgan fingerprint density at radius 3 is 2.80 bits per heavy atom. The van der Waals surface area contributed by atoms with Crippen LogP contribution < -0.4 is 14.4 Å². The third kappa shape index (κ3) is 4.75. The molecule has 0 saturated carbocycles. The second-order valence-corrected chi connectivity index (χ2v) is 10.4. The van der Waals surface area contributed by atoms with Crippen LogP contribution in [-0.2, 0) is 20.7 Å². The van der Waals surface area contributed by atoms with Crippen LogP contribution in [0.3, 0.4) is 0 Å². The van der Waals surface area contributed by atoms with E-state index in [9.17, 15) is 19.5 Å². The second kappa shape index (κ2) is 11.0. The van der Waals surface area contributed by atoms with E-state index in [2.05, 4.69) is 11.6 Å². The van der Waals surface area contributed by atoms with Gasteiger partial charge in [-0.1, -0.05) is 42.2 Å². The van der Waals surface area contributed by atoms with E-state index in [0.29, 0.717) is 35.6 Å². The van der Waals surface area contributed by atoms with Crippen molar-refractivity contribution < 1.29 is 33.7 Å². The highest BCUT2D eigenvalue weighted by atomic mass is 32.1. The highest BCUT2D eigenvalue weighted by Crippen LogP contribution is 2.46. The number of para-hydroxylation sites is 1. The van der Waals surface area contributed by atoms with Crippen molar-refractivity contribution in [1.82, 2.24) is 4.98 Å². The number of amides is 1. The van der Waals surface area contributed by atoms with E-state index in [-0.39, 0.29) is 34.1 Å². The number of ketones is 1. The number of hydrogen-bond donors (Lipinski definition) is 1. The largest absolute Gasteiger partial charge is 0.507 e. The number of carbonyl (C=O) groups is 3. The highest BCUT2D eigenvalue weighted by molar-refractivity contribution is 7.17. The topological polar surface area (TPSA) is 115 Å². The molecule has 1 aromatic heterocycles. The van der Waals surface area contributed by atoms with Gasteiger partial charge in [0.15, 0.2) is 5.13 Å². The van der Waals surface area contributed by atoms with E-state index < -0.39 is 23.7 Å². The van der Waals surface area contributed by atoms with Crippen LogP contribution in [0.1, 0.15) is 51.9 Å². The summed E-state index contributed by atoms with van der Waals surface area (Å²) in [5.41, 5.74) is 2.02. The van der Waals surface area contributed by atoms with Crippen molar-refractivity contribution in [3.8, 4) is 11.5 Å². The van der Waals surface area contributed by atoms with Gasteiger partial charge in [0.05, 0.1) is 17.9 Å². The van der Waals surface area contributed by atoms with Gasteiger partial charge in [-0.3, -0.25) is 14.5 Å². The summed E-state index contributed by atoms with van der Waals surface area (Å²) in [6, 6.07) is 11.1. The second-order valence-electron chi connectivity index (χ2n) is 9.39. The third-order valence-corrected chi connectivity index (χ3v) is 7.77. The van der Waals surface area contributed by atoms with Crippen molar-refractivity contribution in [2.24, 2.45) is 0 Å². The summed E-state index contributed by atoms with van der Waals surface area (Å²) in [5, 5.41) is 11.7. The van der Waals surface area contributed by atoms with Gasteiger partial charge >= 0.3 is 11.9 Å². The molecule has 1 saturated heterocycles. The number of nitrogens with zero attached hydrogens (tertiary/aromatic N) is 2. The number of aromatic nitrogens is 1. The van der Waals surface area contributed by atoms with Crippen molar-refractivity contribution in [3.63, 3.8) is 0 Å². The van der Waals surface area contributed by atoms with E-state index in [0.717, 1.165) is 22.6 Å². The van der Waals surface area contributed by atoms with Crippen LogP contribution in [-0.4, -0.2) is 47.1 Å². The number of rotatable bonds is 8. The van der Waals surface area contributed by atoms with Crippen LogP contribution in [0, 0.1) is 6.92 Å². The molecule has 5 rings (SSSR count). The predicted octanol–water partition coefficient (Wildman–Crippen LogP) is 5.14. The van der Waals surface area contributed by atoms with Crippen molar-refractivity contribution in [3.05, 3.63) is 88.0 Å². The number of aryl methyl sites for hydroxylation is 1. The number of aliphatic hydroxyl groups is 1. The molecule has 2 aromatic carbocycles. The monoisotopic (exact) mass is 560 g/mol. The molecule has 40 heavy (non-hydrogen) atoms. The Kier molecular flexibility index (Phi) is 7.44. The molecule has 3 aromatic rings. The van der Waals surface area contributed by atoms with Crippen molar-refractivity contribution in [1.29, 1.82) is 0 Å². The number of ether oxygens (including phenoxy) is 3.